The zero-order valence-electron chi connectivity index (χ0n) is 10.9. The Morgan fingerprint density at radius 3 is 2.55 bits per heavy atom. The zero-order chi connectivity index (χ0) is 14.7. The van der Waals surface area contributed by atoms with Gasteiger partial charge in [0.2, 0.25) is 0 Å². The first-order valence-corrected chi connectivity index (χ1v) is 6.17. The number of aromatic hydroxyl groups is 1. The minimum absolute atomic E-state index is 0.0536. The van der Waals surface area contributed by atoms with Crippen LogP contribution in [0.4, 0.5) is 0 Å². The molecule has 1 heterocycles. The highest BCUT2D eigenvalue weighted by Gasteiger charge is 2.44. The average Bonchev–Trinajstić information content (AvgIpc) is 2.44. The fraction of sp³-hybridized carbons (Fsp3) is 0.538. The molecule has 4 N–H and O–H groups in total. The Balaban J connectivity index is 1.97. The first-order valence-electron chi connectivity index (χ1n) is 6.17. The smallest absolute Gasteiger partial charge is 0.186 e. The summed E-state index contributed by atoms with van der Waals surface area (Å²) in [5, 5.41) is 38.5. The predicted molar refractivity (Wildman–Crippen MR) is 67.3 cm³/mol. The van der Waals surface area contributed by atoms with Gasteiger partial charge in [-0.15, -0.1) is 0 Å². The molecule has 1 aromatic carbocycles. The van der Waals surface area contributed by atoms with Gasteiger partial charge in [-0.25, -0.2) is 0 Å². The molecule has 0 radical (unpaired) electrons. The summed E-state index contributed by atoms with van der Waals surface area (Å²) in [5.41, 5.74) is 0. The fourth-order valence-corrected chi connectivity index (χ4v) is 2.00. The van der Waals surface area contributed by atoms with Crippen molar-refractivity contribution in [3.05, 3.63) is 24.3 Å². The first-order chi connectivity index (χ1) is 9.52. The number of phenols is 1. The highest BCUT2D eigenvalue weighted by molar-refractivity contribution is 5.31. The van der Waals surface area contributed by atoms with E-state index in [1.165, 1.54) is 19.2 Å². The van der Waals surface area contributed by atoms with E-state index in [9.17, 15) is 20.4 Å². The molecular formula is C13H18O7. The minimum Gasteiger partial charge on any atom is -0.508 e. The van der Waals surface area contributed by atoms with Gasteiger partial charge in [-0.05, 0) is 12.1 Å². The molecular weight excluding hydrogens is 268 g/mol. The number of rotatable bonds is 4. The molecule has 1 aliphatic rings. The predicted octanol–water partition coefficient (Wildman–Crippen LogP) is -0.775. The summed E-state index contributed by atoms with van der Waals surface area (Å²) in [6.45, 7) is -0.0613. The van der Waals surface area contributed by atoms with E-state index in [2.05, 4.69) is 0 Å². The van der Waals surface area contributed by atoms with Crippen LogP contribution in [0.15, 0.2) is 24.3 Å². The van der Waals surface area contributed by atoms with E-state index in [4.69, 9.17) is 14.2 Å². The molecule has 1 aliphatic heterocycles. The average molecular weight is 286 g/mol. The third-order valence-electron chi connectivity index (χ3n) is 3.13. The number of hydrogen-bond donors (Lipinski definition) is 4. The van der Waals surface area contributed by atoms with E-state index >= 15 is 0 Å². The van der Waals surface area contributed by atoms with Crippen molar-refractivity contribution < 1.29 is 34.6 Å². The number of phenolic OH excluding ortho intramolecular Hbond substituents is 1. The van der Waals surface area contributed by atoms with Gasteiger partial charge < -0.3 is 34.6 Å². The molecule has 0 unspecified atom stereocenters. The molecule has 0 spiro atoms. The maximum atomic E-state index is 9.83. The lowest BCUT2D eigenvalue weighted by Gasteiger charge is -2.39. The van der Waals surface area contributed by atoms with Crippen LogP contribution < -0.4 is 4.74 Å². The Morgan fingerprint density at radius 2 is 1.90 bits per heavy atom. The molecule has 1 fully saturated rings. The van der Waals surface area contributed by atoms with Gasteiger partial charge in [-0.3, -0.25) is 0 Å². The summed E-state index contributed by atoms with van der Waals surface area (Å²) >= 11 is 0. The second-order valence-electron chi connectivity index (χ2n) is 4.56. The number of methoxy groups -OCH3 is 1. The Morgan fingerprint density at radius 1 is 1.15 bits per heavy atom. The quantitative estimate of drug-likeness (QED) is 0.575. The van der Waals surface area contributed by atoms with Crippen molar-refractivity contribution >= 4 is 0 Å². The van der Waals surface area contributed by atoms with Crippen molar-refractivity contribution in [2.45, 2.75) is 30.7 Å². The van der Waals surface area contributed by atoms with Gasteiger partial charge in [0, 0.05) is 13.2 Å². The monoisotopic (exact) mass is 286 g/mol. The highest BCUT2D eigenvalue weighted by atomic mass is 16.7. The maximum absolute atomic E-state index is 9.83. The van der Waals surface area contributed by atoms with Gasteiger partial charge in [0.15, 0.2) is 6.29 Å². The van der Waals surface area contributed by atoms with E-state index in [0.717, 1.165) is 0 Å². The Bertz CT molecular complexity index is 436. The Kier molecular flexibility index (Phi) is 4.79. The Labute approximate surface area is 115 Å². The second-order valence-corrected chi connectivity index (χ2v) is 4.56. The number of aliphatic hydroxyl groups excluding tert-OH is 3. The van der Waals surface area contributed by atoms with Crippen LogP contribution in [0.2, 0.25) is 0 Å². The summed E-state index contributed by atoms with van der Waals surface area (Å²) < 4.78 is 15.6. The maximum Gasteiger partial charge on any atom is 0.186 e. The van der Waals surface area contributed by atoms with Gasteiger partial charge in [-0.1, -0.05) is 6.07 Å². The van der Waals surface area contributed by atoms with Crippen molar-refractivity contribution in [2.75, 3.05) is 13.7 Å². The minimum atomic E-state index is -1.38. The third kappa shape index (κ3) is 3.20. The fourth-order valence-electron chi connectivity index (χ4n) is 2.00. The summed E-state index contributed by atoms with van der Waals surface area (Å²) in [7, 11) is 1.32. The molecule has 0 saturated carbocycles. The van der Waals surface area contributed by atoms with Crippen LogP contribution in [0.1, 0.15) is 0 Å². The summed E-state index contributed by atoms with van der Waals surface area (Å²) in [4.78, 5) is 0. The topological polar surface area (TPSA) is 109 Å². The Hall–Kier alpha value is -1.38. The van der Waals surface area contributed by atoms with E-state index in [1.807, 2.05) is 0 Å². The molecule has 5 atom stereocenters. The largest absolute Gasteiger partial charge is 0.508 e. The molecule has 112 valence electrons. The third-order valence-corrected chi connectivity index (χ3v) is 3.13. The molecule has 0 bridgehead atoms. The number of aliphatic hydroxyl groups is 3. The van der Waals surface area contributed by atoms with Crippen molar-refractivity contribution in [1.82, 2.24) is 0 Å². The van der Waals surface area contributed by atoms with Crippen molar-refractivity contribution in [3.8, 4) is 11.5 Å². The van der Waals surface area contributed by atoms with Crippen molar-refractivity contribution in [1.29, 1.82) is 0 Å². The highest BCUT2D eigenvalue weighted by Crippen LogP contribution is 2.23. The van der Waals surface area contributed by atoms with Gasteiger partial charge in [-0.2, -0.15) is 0 Å². The van der Waals surface area contributed by atoms with Gasteiger partial charge in [0.1, 0.15) is 42.5 Å². The van der Waals surface area contributed by atoms with Gasteiger partial charge >= 0.3 is 0 Å². The normalized spacial score (nSPS) is 33.9. The molecule has 20 heavy (non-hydrogen) atoms. The molecule has 1 saturated heterocycles. The van der Waals surface area contributed by atoms with Crippen LogP contribution in [0.5, 0.6) is 11.5 Å². The molecule has 7 heteroatoms. The van der Waals surface area contributed by atoms with Gasteiger partial charge in [0.25, 0.3) is 0 Å². The lowest BCUT2D eigenvalue weighted by atomic mass is 9.99. The van der Waals surface area contributed by atoms with Gasteiger partial charge in [0.05, 0.1) is 0 Å². The summed E-state index contributed by atoms with van der Waals surface area (Å²) in [6, 6.07) is 6.15. The molecule has 1 aromatic rings. The van der Waals surface area contributed by atoms with Crippen molar-refractivity contribution in [3.63, 3.8) is 0 Å². The number of hydrogen-bond acceptors (Lipinski definition) is 7. The molecule has 0 amide bonds. The molecule has 0 aliphatic carbocycles. The summed E-state index contributed by atoms with van der Waals surface area (Å²) in [5.74, 6) is 0.452. The standard InChI is InChI=1S/C13H18O7/c1-18-13-12(17)11(16)10(15)9(20-13)6-19-8-4-2-3-7(14)5-8/h2-5,9-17H,6H2,1H3/t9-,10-,11+,12-,13-/m1/s1. The first kappa shape index (κ1) is 15.0. The van der Waals surface area contributed by atoms with E-state index in [-0.39, 0.29) is 12.4 Å². The SMILES string of the molecule is CO[C@@H]1O[C@H](COc2cccc(O)c2)[C@@H](O)[C@H](O)[C@H]1O. The van der Waals surface area contributed by atoms with E-state index < -0.39 is 30.7 Å². The van der Waals surface area contributed by atoms with E-state index in [0.29, 0.717) is 5.75 Å². The van der Waals surface area contributed by atoms with Crippen LogP contribution in [0, 0.1) is 0 Å². The number of ether oxygens (including phenoxy) is 3. The number of benzene rings is 1. The van der Waals surface area contributed by atoms with Crippen LogP contribution in [0.3, 0.4) is 0 Å². The summed E-state index contributed by atoms with van der Waals surface area (Å²) in [6.07, 6.45) is -5.90. The lowest BCUT2D eigenvalue weighted by Crippen LogP contribution is -2.59. The molecule has 2 rings (SSSR count). The van der Waals surface area contributed by atoms with Crippen LogP contribution in [0.25, 0.3) is 0 Å². The van der Waals surface area contributed by atoms with Crippen LogP contribution >= 0.6 is 0 Å². The lowest BCUT2D eigenvalue weighted by molar-refractivity contribution is -0.293. The second kappa shape index (κ2) is 6.38. The van der Waals surface area contributed by atoms with Crippen LogP contribution in [-0.4, -0.2) is 64.8 Å². The zero-order valence-corrected chi connectivity index (χ0v) is 10.9. The van der Waals surface area contributed by atoms with Crippen LogP contribution in [-0.2, 0) is 9.47 Å². The van der Waals surface area contributed by atoms with E-state index in [1.54, 1.807) is 12.1 Å². The molecule has 0 aromatic heterocycles. The van der Waals surface area contributed by atoms with Crippen molar-refractivity contribution in [2.24, 2.45) is 0 Å². The molecule has 7 nitrogen and oxygen atoms in total.